The lowest BCUT2D eigenvalue weighted by molar-refractivity contribution is -0.114. The monoisotopic (exact) mass is 379 g/mol. The fraction of sp³-hybridized carbons (Fsp3) is 0.238. The van der Waals surface area contributed by atoms with Crippen molar-refractivity contribution in [1.29, 1.82) is 0 Å². The van der Waals surface area contributed by atoms with E-state index in [0.717, 1.165) is 11.1 Å². The minimum Gasteiger partial charge on any atom is -0.451 e. The molecule has 0 saturated carbocycles. The summed E-state index contributed by atoms with van der Waals surface area (Å²) in [7, 11) is 0. The number of rotatable bonds is 4. The van der Waals surface area contributed by atoms with E-state index < -0.39 is 0 Å². The molecule has 28 heavy (non-hydrogen) atoms. The van der Waals surface area contributed by atoms with Crippen molar-refractivity contribution >= 4 is 39.8 Å². The lowest BCUT2D eigenvalue weighted by Crippen LogP contribution is -2.36. The lowest BCUT2D eigenvalue weighted by Gasteiger charge is -2.31. The summed E-state index contributed by atoms with van der Waals surface area (Å²) in [6, 6.07) is 14.6. The van der Waals surface area contributed by atoms with Crippen LogP contribution in [0.3, 0.4) is 0 Å². The maximum Gasteiger partial charge on any atom is 0.291 e. The number of hydrogen-bond donors (Lipinski definition) is 2. The normalized spacial score (nSPS) is 14.1. The van der Waals surface area contributed by atoms with Gasteiger partial charge in [-0.2, -0.15) is 0 Å². The Morgan fingerprint density at radius 2 is 1.79 bits per heavy atom. The van der Waals surface area contributed by atoms with Crippen molar-refractivity contribution < 1.29 is 18.7 Å². The zero-order valence-electron chi connectivity index (χ0n) is 15.5. The van der Waals surface area contributed by atoms with E-state index >= 15 is 0 Å². The highest BCUT2D eigenvalue weighted by atomic mass is 16.5. The quantitative estimate of drug-likeness (QED) is 0.725. The molecular weight excluding hydrogens is 358 g/mol. The summed E-state index contributed by atoms with van der Waals surface area (Å²) in [4.78, 5) is 26.3. The molecule has 4 rings (SSSR count). The summed E-state index contributed by atoms with van der Waals surface area (Å²) in [6.45, 7) is 4.10. The molecule has 7 heteroatoms. The number of carbonyl (C=O) groups excluding carboxylic acids is 2. The van der Waals surface area contributed by atoms with Crippen molar-refractivity contribution in [2.45, 2.75) is 6.92 Å². The molecular formula is C21H21N3O4. The fourth-order valence-corrected chi connectivity index (χ4v) is 3.26. The number of para-hydroxylation sites is 1. The van der Waals surface area contributed by atoms with E-state index in [-0.39, 0.29) is 17.6 Å². The minimum absolute atomic E-state index is 0.146. The van der Waals surface area contributed by atoms with Gasteiger partial charge in [-0.3, -0.25) is 9.59 Å². The molecule has 0 spiro atoms. The third-order valence-corrected chi connectivity index (χ3v) is 4.57. The predicted octanol–water partition coefficient (Wildman–Crippen LogP) is 3.48. The van der Waals surface area contributed by atoms with Gasteiger partial charge in [0.1, 0.15) is 5.58 Å². The summed E-state index contributed by atoms with van der Waals surface area (Å²) < 4.78 is 11.1. The second-order valence-corrected chi connectivity index (χ2v) is 6.62. The lowest BCUT2D eigenvalue weighted by atomic mass is 10.2. The molecule has 2 aromatic carbocycles. The van der Waals surface area contributed by atoms with Gasteiger partial charge in [0.25, 0.3) is 5.91 Å². The molecule has 2 heterocycles. The van der Waals surface area contributed by atoms with Gasteiger partial charge in [0, 0.05) is 31.1 Å². The van der Waals surface area contributed by atoms with Gasteiger partial charge >= 0.3 is 0 Å². The molecule has 0 unspecified atom stereocenters. The Hall–Kier alpha value is -3.32. The van der Waals surface area contributed by atoms with Gasteiger partial charge in [-0.25, -0.2) is 0 Å². The number of benzene rings is 2. The average molecular weight is 379 g/mol. The second kappa shape index (κ2) is 7.74. The number of amides is 2. The maximum atomic E-state index is 12.8. The van der Waals surface area contributed by atoms with Gasteiger partial charge in [-0.1, -0.05) is 18.2 Å². The molecule has 2 N–H and O–H groups in total. The highest BCUT2D eigenvalue weighted by molar-refractivity contribution is 6.06. The van der Waals surface area contributed by atoms with Crippen molar-refractivity contribution in [2.75, 3.05) is 41.8 Å². The zero-order chi connectivity index (χ0) is 19.5. The number of anilines is 3. The Kier molecular flexibility index (Phi) is 4.99. The van der Waals surface area contributed by atoms with E-state index in [4.69, 9.17) is 9.15 Å². The molecule has 7 nitrogen and oxygen atoms in total. The van der Waals surface area contributed by atoms with Crippen LogP contribution in [0.25, 0.3) is 11.0 Å². The van der Waals surface area contributed by atoms with E-state index in [9.17, 15) is 9.59 Å². The summed E-state index contributed by atoms with van der Waals surface area (Å²) >= 11 is 0. The highest BCUT2D eigenvalue weighted by Crippen LogP contribution is 2.31. The van der Waals surface area contributed by atoms with E-state index in [2.05, 4.69) is 15.5 Å². The van der Waals surface area contributed by atoms with Crippen LogP contribution in [0.4, 0.5) is 17.1 Å². The first-order chi connectivity index (χ1) is 13.6. The van der Waals surface area contributed by atoms with Crippen molar-refractivity contribution in [1.82, 2.24) is 0 Å². The number of hydrogen-bond acceptors (Lipinski definition) is 5. The third-order valence-electron chi connectivity index (χ3n) is 4.57. The molecule has 1 aromatic heterocycles. The van der Waals surface area contributed by atoms with E-state index in [1.807, 2.05) is 30.3 Å². The third kappa shape index (κ3) is 3.84. The molecule has 1 aliphatic rings. The van der Waals surface area contributed by atoms with Gasteiger partial charge in [0.2, 0.25) is 5.91 Å². The first kappa shape index (κ1) is 18.1. The van der Waals surface area contributed by atoms with Gasteiger partial charge in [-0.05, 0) is 30.3 Å². The molecule has 144 valence electrons. The summed E-state index contributed by atoms with van der Waals surface area (Å²) in [5, 5.41) is 6.60. The Morgan fingerprint density at radius 3 is 2.54 bits per heavy atom. The molecule has 3 aromatic rings. The number of furan rings is 1. The molecule has 1 saturated heterocycles. The molecule has 1 aliphatic heterocycles. The minimum atomic E-state index is -0.321. The largest absolute Gasteiger partial charge is 0.451 e. The SMILES string of the molecule is CC(=O)Nc1ccc(NC(=O)c2cc3ccccc3o2)c(N2CCOCC2)c1. The maximum absolute atomic E-state index is 12.8. The van der Waals surface area contributed by atoms with Crippen LogP contribution in [0.1, 0.15) is 17.5 Å². The number of nitrogens with one attached hydrogen (secondary N) is 2. The topological polar surface area (TPSA) is 83.8 Å². The van der Waals surface area contributed by atoms with E-state index in [1.165, 1.54) is 6.92 Å². The van der Waals surface area contributed by atoms with E-state index in [0.29, 0.717) is 43.3 Å². The molecule has 1 fully saturated rings. The van der Waals surface area contributed by atoms with Crippen LogP contribution >= 0.6 is 0 Å². The number of fused-ring (bicyclic) bond motifs is 1. The summed E-state index contributed by atoms with van der Waals surface area (Å²) in [6.07, 6.45) is 0. The fourth-order valence-electron chi connectivity index (χ4n) is 3.26. The molecule has 0 aliphatic carbocycles. The summed E-state index contributed by atoms with van der Waals surface area (Å²) in [5.41, 5.74) is 2.83. The zero-order valence-corrected chi connectivity index (χ0v) is 15.5. The Labute approximate surface area is 162 Å². The van der Waals surface area contributed by atoms with E-state index in [1.54, 1.807) is 18.2 Å². The van der Waals surface area contributed by atoms with Gasteiger partial charge in [-0.15, -0.1) is 0 Å². The second-order valence-electron chi connectivity index (χ2n) is 6.62. The van der Waals surface area contributed by atoms with Crippen molar-refractivity contribution in [2.24, 2.45) is 0 Å². The van der Waals surface area contributed by atoms with Crippen molar-refractivity contribution in [3.8, 4) is 0 Å². The first-order valence-electron chi connectivity index (χ1n) is 9.14. The number of morpholine rings is 1. The Morgan fingerprint density at radius 1 is 1.00 bits per heavy atom. The van der Waals surface area contributed by atoms with Gasteiger partial charge in [0.05, 0.1) is 24.6 Å². The molecule has 0 radical (unpaired) electrons. The van der Waals surface area contributed by atoms with Gasteiger partial charge in [0.15, 0.2) is 5.76 Å². The standard InChI is InChI=1S/C21H21N3O4/c1-14(25)22-16-6-7-17(18(13-16)24-8-10-27-11-9-24)23-21(26)20-12-15-4-2-3-5-19(15)28-20/h2-7,12-13H,8-11H2,1H3,(H,22,25)(H,23,26). The van der Waals surface area contributed by atoms with Crippen molar-refractivity contribution in [3.05, 3.63) is 54.3 Å². The number of ether oxygens (including phenoxy) is 1. The Balaban J connectivity index is 1.63. The van der Waals surface area contributed by atoms with Gasteiger partial charge < -0.3 is 24.7 Å². The van der Waals surface area contributed by atoms with Crippen LogP contribution in [-0.4, -0.2) is 38.1 Å². The van der Waals surface area contributed by atoms with Crippen LogP contribution in [-0.2, 0) is 9.53 Å². The highest BCUT2D eigenvalue weighted by Gasteiger charge is 2.19. The van der Waals surface area contributed by atoms with Crippen LogP contribution in [0.2, 0.25) is 0 Å². The Bertz CT molecular complexity index is 988. The first-order valence-corrected chi connectivity index (χ1v) is 9.14. The summed E-state index contributed by atoms with van der Waals surface area (Å²) in [5.74, 6) is -0.218. The van der Waals surface area contributed by atoms with Crippen LogP contribution in [0.5, 0.6) is 0 Å². The number of nitrogens with zero attached hydrogens (tertiary/aromatic N) is 1. The average Bonchev–Trinajstić information content (AvgIpc) is 3.14. The van der Waals surface area contributed by atoms with Crippen LogP contribution < -0.4 is 15.5 Å². The van der Waals surface area contributed by atoms with Crippen molar-refractivity contribution in [3.63, 3.8) is 0 Å². The van der Waals surface area contributed by atoms with Crippen LogP contribution in [0.15, 0.2) is 52.9 Å². The number of carbonyl (C=O) groups is 2. The smallest absolute Gasteiger partial charge is 0.291 e. The molecule has 2 amide bonds. The predicted molar refractivity (Wildman–Crippen MR) is 108 cm³/mol. The molecule has 0 bridgehead atoms. The molecule has 0 atom stereocenters. The van der Waals surface area contributed by atoms with Crippen LogP contribution in [0, 0.1) is 0 Å².